The van der Waals surface area contributed by atoms with Crippen LogP contribution in [0, 0.1) is 10.6 Å². The number of nitrogens with one attached hydrogen (secondary N) is 1. The van der Waals surface area contributed by atoms with E-state index in [2.05, 4.69) is 25.8 Å². The van der Waals surface area contributed by atoms with Crippen LogP contribution in [0.25, 0.3) is 0 Å². The van der Waals surface area contributed by atoms with E-state index in [1.165, 1.54) is 6.20 Å². The van der Waals surface area contributed by atoms with Gasteiger partial charge in [0.2, 0.25) is 0 Å². The third kappa shape index (κ3) is 6.81. The average molecular weight is 575 g/mol. The van der Waals surface area contributed by atoms with Gasteiger partial charge in [-0.2, -0.15) is 0 Å². The summed E-state index contributed by atoms with van der Waals surface area (Å²) in [6.45, 7) is 16.5. The van der Waals surface area contributed by atoms with Crippen LogP contribution < -0.4 is 10.1 Å². The molecule has 3 unspecified atom stereocenters. The number of aromatic amines is 1. The van der Waals surface area contributed by atoms with Gasteiger partial charge >= 0.3 is 8.60 Å². The molecule has 4 rings (SSSR count). The lowest BCUT2D eigenvalue weighted by atomic mass is 9.78. The van der Waals surface area contributed by atoms with Crippen LogP contribution in [-0.4, -0.2) is 22.3 Å². The number of halogens is 2. The normalized spacial score (nSPS) is 21.6. The molecule has 0 radical (unpaired) electrons. The molecule has 1 N–H and O–H groups in total. The molecule has 37 heavy (non-hydrogen) atoms. The summed E-state index contributed by atoms with van der Waals surface area (Å²) >= 11 is 11.2. The van der Waals surface area contributed by atoms with Crippen molar-refractivity contribution in [3.8, 4) is 5.75 Å². The van der Waals surface area contributed by atoms with E-state index in [-0.39, 0.29) is 52.0 Å². The molecule has 0 bridgehead atoms. The summed E-state index contributed by atoms with van der Waals surface area (Å²) in [5, 5.41) is 0.0459. The highest BCUT2D eigenvalue weighted by atomic mass is 35.5. The van der Waals surface area contributed by atoms with Gasteiger partial charge in [0.05, 0.1) is 24.9 Å². The number of benzene rings is 1. The molecule has 3 heterocycles. The highest BCUT2D eigenvalue weighted by Gasteiger charge is 2.36. The van der Waals surface area contributed by atoms with Crippen LogP contribution in [-0.2, 0) is 31.2 Å². The van der Waals surface area contributed by atoms with Crippen LogP contribution >= 0.6 is 32.4 Å². The van der Waals surface area contributed by atoms with Crippen molar-refractivity contribution >= 4 is 32.4 Å². The van der Waals surface area contributed by atoms with E-state index in [1.54, 1.807) is 4.57 Å². The summed E-state index contributed by atoms with van der Waals surface area (Å²) < 4.78 is 41.2. The predicted molar refractivity (Wildman–Crippen MR) is 147 cm³/mol. The summed E-state index contributed by atoms with van der Waals surface area (Å²) in [5.41, 5.74) is 0.973. The summed E-state index contributed by atoms with van der Waals surface area (Å²) in [6.07, 6.45) is 2.32. The smallest absolute Gasteiger partial charge is 0.397 e. The molecule has 2 aliphatic heterocycles. The second kappa shape index (κ2) is 11.8. The maximum atomic E-state index is 15.4. The Balaban J connectivity index is 0.00000186. The zero-order valence-corrected chi connectivity index (χ0v) is 25.2. The minimum atomic E-state index is -1.71. The summed E-state index contributed by atoms with van der Waals surface area (Å²) in [4.78, 5) is 14.2. The number of aromatic nitrogens is 2. The first-order valence-electron chi connectivity index (χ1n) is 12.5. The monoisotopic (exact) mass is 574 g/mol. The van der Waals surface area contributed by atoms with E-state index in [1.807, 2.05) is 40.7 Å². The Morgan fingerprint density at radius 2 is 1.84 bits per heavy atom. The van der Waals surface area contributed by atoms with Crippen LogP contribution in [0.4, 0.5) is 4.39 Å². The molecule has 1 saturated heterocycles. The van der Waals surface area contributed by atoms with Gasteiger partial charge in [-0.25, -0.2) is 4.39 Å². The van der Waals surface area contributed by atoms with Gasteiger partial charge in [0, 0.05) is 11.8 Å². The van der Waals surface area contributed by atoms with Gasteiger partial charge < -0.3 is 9.26 Å². The number of nitrogens with zero attached hydrogens (tertiary/aromatic N) is 1. The predicted octanol–water partition coefficient (Wildman–Crippen LogP) is 7.85. The number of hydrogen-bond donors (Lipinski definition) is 1. The van der Waals surface area contributed by atoms with E-state index in [0.717, 1.165) is 12.0 Å². The van der Waals surface area contributed by atoms with Crippen molar-refractivity contribution in [1.82, 2.24) is 9.55 Å². The molecule has 11 heteroatoms. The summed E-state index contributed by atoms with van der Waals surface area (Å²) in [5.74, 6) is 0.230. The molecule has 7 nitrogen and oxygen atoms in total. The SMILES string of the molecule is CC.CC(C)(C)c1cc(C(C)(C)C)c2c(c1F)COP(OCC1CCC(n3cc(Cl)c(=O)[nH]c3=S)O1)O2. The quantitative estimate of drug-likeness (QED) is 0.296. The lowest BCUT2D eigenvalue weighted by Gasteiger charge is -2.33. The molecule has 0 aliphatic carbocycles. The first-order chi connectivity index (χ1) is 17.3. The van der Waals surface area contributed by atoms with Crippen molar-refractivity contribution in [3.05, 3.63) is 54.9 Å². The minimum Gasteiger partial charge on any atom is -0.426 e. The van der Waals surface area contributed by atoms with Gasteiger partial charge in [-0.05, 0) is 47.5 Å². The number of ether oxygens (including phenoxy) is 1. The Morgan fingerprint density at radius 3 is 2.46 bits per heavy atom. The molecule has 1 fully saturated rings. The Hall–Kier alpha value is -1.35. The van der Waals surface area contributed by atoms with Crippen LogP contribution in [0.2, 0.25) is 5.02 Å². The zero-order valence-electron chi connectivity index (χ0n) is 22.7. The van der Waals surface area contributed by atoms with E-state index >= 15 is 4.39 Å². The molecule has 0 amide bonds. The molecule has 0 spiro atoms. The van der Waals surface area contributed by atoms with Crippen molar-refractivity contribution in [2.45, 2.75) is 98.0 Å². The van der Waals surface area contributed by atoms with Crippen molar-refractivity contribution in [1.29, 1.82) is 0 Å². The Bertz CT molecular complexity index is 1240. The Labute approximate surface area is 229 Å². The van der Waals surface area contributed by atoms with Crippen molar-refractivity contribution in [3.63, 3.8) is 0 Å². The van der Waals surface area contributed by atoms with E-state index in [4.69, 9.17) is 42.1 Å². The van der Waals surface area contributed by atoms with Gasteiger partial charge in [0.1, 0.15) is 22.8 Å². The van der Waals surface area contributed by atoms with Crippen molar-refractivity contribution < 1.29 is 22.7 Å². The Kier molecular flexibility index (Phi) is 9.63. The minimum absolute atomic E-state index is 0.0459. The first kappa shape index (κ1) is 30.2. The standard InChI is InChI=1S/C24H31ClFN2O5PS.C2H6/c1-23(2,3)15-9-16(24(4,5)6)20-14(19(15)26)12-31-34(33-20)30-11-13-7-8-18(32-13)28-10-17(25)21(29)27-22(28)35;1-2/h9-10,13,18H,7-8,11-12H2,1-6H3,(H,27,29,35);1-2H3. The fourth-order valence-corrected chi connectivity index (χ4v) is 5.62. The number of hydrogen-bond acceptors (Lipinski definition) is 6. The molecule has 1 aromatic carbocycles. The van der Waals surface area contributed by atoms with Gasteiger partial charge in [-0.15, -0.1) is 0 Å². The van der Waals surface area contributed by atoms with E-state index in [0.29, 0.717) is 23.3 Å². The van der Waals surface area contributed by atoms with Crippen LogP contribution in [0.1, 0.15) is 91.1 Å². The molecule has 0 saturated carbocycles. The first-order valence-corrected chi connectivity index (χ1v) is 14.4. The fraction of sp³-hybridized carbons (Fsp3) is 0.615. The lowest BCUT2D eigenvalue weighted by Crippen LogP contribution is -2.23. The topological polar surface area (TPSA) is 74.7 Å². The van der Waals surface area contributed by atoms with Crippen LogP contribution in [0.15, 0.2) is 17.1 Å². The largest absolute Gasteiger partial charge is 0.426 e. The van der Waals surface area contributed by atoms with E-state index in [9.17, 15) is 4.79 Å². The number of rotatable bonds is 4. The van der Waals surface area contributed by atoms with Gasteiger partial charge in [0.25, 0.3) is 5.56 Å². The molecular formula is C26H37ClFN2O5PS. The molecule has 3 atom stereocenters. The fourth-order valence-electron chi connectivity index (χ4n) is 4.15. The maximum Gasteiger partial charge on any atom is 0.397 e. The zero-order chi connectivity index (χ0) is 27.7. The number of fused-ring (bicyclic) bond motifs is 1. The van der Waals surface area contributed by atoms with Crippen LogP contribution in [0.3, 0.4) is 0 Å². The second-order valence-electron chi connectivity index (χ2n) is 10.9. The van der Waals surface area contributed by atoms with Gasteiger partial charge in [-0.1, -0.05) is 67.0 Å². The van der Waals surface area contributed by atoms with Crippen molar-refractivity contribution in [2.75, 3.05) is 6.61 Å². The third-order valence-corrected chi connectivity index (χ3v) is 7.70. The van der Waals surface area contributed by atoms with Crippen molar-refractivity contribution in [2.24, 2.45) is 0 Å². The van der Waals surface area contributed by atoms with Gasteiger partial charge in [0.15, 0.2) is 4.77 Å². The van der Waals surface area contributed by atoms with Gasteiger partial charge in [-0.3, -0.25) is 23.4 Å². The average Bonchev–Trinajstić information content (AvgIpc) is 3.28. The van der Waals surface area contributed by atoms with Crippen LogP contribution in [0.5, 0.6) is 5.75 Å². The molecule has 2 aromatic rings. The van der Waals surface area contributed by atoms with E-state index < -0.39 is 14.2 Å². The summed E-state index contributed by atoms with van der Waals surface area (Å²) in [7, 11) is -1.71. The highest BCUT2D eigenvalue weighted by Crippen LogP contribution is 2.52. The number of H-pyrrole nitrogens is 1. The molecule has 1 aromatic heterocycles. The highest BCUT2D eigenvalue weighted by molar-refractivity contribution is 7.71. The lowest BCUT2D eigenvalue weighted by molar-refractivity contribution is -0.0221. The molecular weight excluding hydrogens is 538 g/mol. The third-order valence-electron chi connectivity index (χ3n) is 6.09. The maximum absolute atomic E-state index is 15.4. The second-order valence-corrected chi connectivity index (χ2v) is 12.9. The summed E-state index contributed by atoms with van der Waals surface area (Å²) in [6, 6.07) is 1.91. The Morgan fingerprint density at radius 1 is 1.19 bits per heavy atom. The molecule has 2 aliphatic rings. The molecule has 206 valence electrons.